The average Bonchev–Trinajstić information content (AvgIpc) is 2.16. The van der Waals surface area contributed by atoms with Crippen molar-refractivity contribution in [3.8, 4) is 11.5 Å². The van der Waals surface area contributed by atoms with Crippen molar-refractivity contribution in [2.45, 2.75) is 0 Å². The van der Waals surface area contributed by atoms with Gasteiger partial charge in [-0.05, 0) is 18.2 Å². The van der Waals surface area contributed by atoms with E-state index in [-0.39, 0.29) is 5.17 Å². The lowest BCUT2D eigenvalue weighted by atomic mass is 10.2. The van der Waals surface area contributed by atoms with Crippen molar-refractivity contribution in [1.29, 1.82) is 5.41 Å². The van der Waals surface area contributed by atoms with Crippen LogP contribution in [0.5, 0.6) is 11.5 Å². The summed E-state index contributed by atoms with van der Waals surface area (Å²) in [6.07, 6.45) is 0. The van der Waals surface area contributed by atoms with Crippen molar-refractivity contribution in [2.75, 3.05) is 14.2 Å². The Hall–Kier alpha value is -1.22. The maximum Gasteiger partial charge on any atom is 0.161 e. The number of methoxy groups -OCH3 is 2. The van der Waals surface area contributed by atoms with Crippen molar-refractivity contribution in [3.05, 3.63) is 23.8 Å². The fourth-order valence-corrected chi connectivity index (χ4v) is 1.09. The van der Waals surface area contributed by atoms with E-state index in [1.165, 1.54) is 0 Å². The first-order chi connectivity index (χ1) is 6.19. The van der Waals surface area contributed by atoms with Gasteiger partial charge in [-0.25, -0.2) is 0 Å². The molecule has 0 atom stereocenters. The highest BCUT2D eigenvalue weighted by molar-refractivity contribution is 6.68. The second kappa shape index (κ2) is 4.14. The molecule has 13 heavy (non-hydrogen) atoms. The first-order valence-electron chi connectivity index (χ1n) is 3.65. The molecule has 0 aliphatic heterocycles. The van der Waals surface area contributed by atoms with Gasteiger partial charge in [-0.1, -0.05) is 11.6 Å². The number of halogens is 1. The van der Waals surface area contributed by atoms with Gasteiger partial charge in [0.1, 0.15) is 5.17 Å². The molecule has 4 heteroatoms. The van der Waals surface area contributed by atoms with Crippen molar-refractivity contribution >= 4 is 16.8 Å². The normalized spacial score (nSPS) is 9.46. The molecule has 1 rings (SSSR count). The molecule has 0 heterocycles. The van der Waals surface area contributed by atoms with Crippen LogP contribution >= 0.6 is 11.6 Å². The maximum absolute atomic E-state index is 7.20. The topological polar surface area (TPSA) is 42.3 Å². The third kappa shape index (κ3) is 2.12. The summed E-state index contributed by atoms with van der Waals surface area (Å²) in [5, 5.41) is 7.19. The molecule has 0 bridgehead atoms. The smallest absolute Gasteiger partial charge is 0.161 e. The number of rotatable bonds is 3. The third-order valence-corrected chi connectivity index (χ3v) is 1.86. The summed E-state index contributed by atoms with van der Waals surface area (Å²) >= 11 is 5.51. The van der Waals surface area contributed by atoms with E-state index >= 15 is 0 Å². The lowest BCUT2D eigenvalue weighted by molar-refractivity contribution is 0.355. The Kier molecular flexibility index (Phi) is 3.14. The largest absolute Gasteiger partial charge is 0.493 e. The van der Waals surface area contributed by atoms with Crippen molar-refractivity contribution in [1.82, 2.24) is 0 Å². The fourth-order valence-electron chi connectivity index (χ4n) is 0.973. The molecule has 3 nitrogen and oxygen atoms in total. The molecule has 0 spiro atoms. The molecular formula is C9H10ClNO2. The molecule has 0 aromatic heterocycles. The summed E-state index contributed by atoms with van der Waals surface area (Å²) in [5.41, 5.74) is 0.610. The average molecular weight is 200 g/mol. The van der Waals surface area contributed by atoms with Crippen LogP contribution < -0.4 is 9.47 Å². The van der Waals surface area contributed by atoms with Crippen LogP contribution in [0, 0.1) is 5.41 Å². The Morgan fingerprint density at radius 1 is 1.23 bits per heavy atom. The zero-order valence-electron chi connectivity index (χ0n) is 7.43. The van der Waals surface area contributed by atoms with E-state index in [4.69, 9.17) is 26.5 Å². The van der Waals surface area contributed by atoms with E-state index < -0.39 is 0 Å². The molecule has 0 amide bonds. The van der Waals surface area contributed by atoms with Gasteiger partial charge in [0.2, 0.25) is 0 Å². The molecule has 0 saturated carbocycles. The number of hydrogen-bond donors (Lipinski definition) is 1. The van der Waals surface area contributed by atoms with E-state index in [2.05, 4.69) is 0 Å². The van der Waals surface area contributed by atoms with Crippen LogP contribution in [-0.4, -0.2) is 19.4 Å². The molecular weight excluding hydrogens is 190 g/mol. The van der Waals surface area contributed by atoms with Gasteiger partial charge in [0.15, 0.2) is 11.5 Å². The van der Waals surface area contributed by atoms with Crippen LogP contribution in [0.1, 0.15) is 5.56 Å². The summed E-state index contributed by atoms with van der Waals surface area (Å²) < 4.78 is 10.1. The highest BCUT2D eigenvalue weighted by Gasteiger charge is 2.05. The van der Waals surface area contributed by atoms with Gasteiger partial charge >= 0.3 is 0 Å². The van der Waals surface area contributed by atoms with Crippen molar-refractivity contribution in [3.63, 3.8) is 0 Å². The summed E-state index contributed by atoms with van der Waals surface area (Å²) in [4.78, 5) is 0. The maximum atomic E-state index is 7.20. The molecule has 0 aliphatic rings. The summed E-state index contributed by atoms with van der Waals surface area (Å²) in [7, 11) is 3.10. The van der Waals surface area contributed by atoms with E-state index in [1.54, 1.807) is 32.4 Å². The second-order valence-corrected chi connectivity index (χ2v) is 2.76. The summed E-state index contributed by atoms with van der Waals surface area (Å²) in [6.45, 7) is 0. The number of ether oxygens (including phenoxy) is 2. The molecule has 70 valence electrons. The van der Waals surface area contributed by atoms with E-state index in [0.717, 1.165) is 0 Å². The van der Waals surface area contributed by atoms with E-state index in [0.29, 0.717) is 17.1 Å². The van der Waals surface area contributed by atoms with Crippen molar-refractivity contribution < 1.29 is 9.47 Å². The van der Waals surface area contributed by atoms with Crippen LogP contribution in [0.3, 0.4) is 0 Å². The van der Waals surface area contributed by atoms with Crippen molar-refractivity contribution in [2.24, 2.45) is 0 Å². The minimum absolute atomic E-state index is 0.0130. The van der Waals surface area contributed by atoms with Gasteiger partial charge in [0, 0.05) is 5.56 Å². The standard InChI is InChI=1S/C9H10ClNO2/c1-12-7-4-3-6(9(10)11)5-8(7)13-2/h3-5,11H,1-2H3. The van der Waals surface area contributed by atoms with E-state index in [1.807, 2.05) is 0 Å². The van der Waals surface area contributed by atoms with Crippen LogP contribution in [0.4, 0.5) is 0 Å². The molecule has 0 fully saturated rings. The van der Waals surface area contributed by atoms with Gasteiger partial charge in [0.25, 0.3) is 0 Å². The summed E-state index contributed by atoms with van der Waals surface area (Å²) in [5.74, 6) is 1.20. The first kappa shape index (κ1) is 9.86. The Morgan fingerprint density at radius 3 is 2.31 bits per heavy atom. The monoisotopic (exact) mass is 199 g/mol. The van der Waals surface area contributed by atoms with Crippen LogP contribution in [0.25, 0.3) is 0 Å². The Labute approximate surface area is 81.7 Å². The zero-order valence-corrected chi connectivity index (χ0v) is 8.18. The Bertz CT molecular complexity index is 325. The SMILES string of the molecule is COc1ccc(C(=N)Cl)cc1OC. The van der Waals surface area contributed by atoms with Crippen LogP contribution in [0.15, 0.2) is 18.2 Å². The predicted molar refractivity (Wildman–Crippen MR) is 52.2 cm³/mol. The van der Waals surface area contributed by atoms with Crippen LogP contribution in [-0.2, 0) is 0 Å². The van der Waals surface area contributed by atoms with Gasteiger partial charge in [-0.15, -0.1) is 0 Å². The summed E-state index contributed by atoms with van der Waals surface area (Å²) in [6, 6.07) is 5.08. The zero-order chi connectivity index (χ0) is 9.84. The molecule has 0 aliphatic carbocycles. The van der Waals surface area contributed by atoms with Gasteiger partial charge in [0.05, 0.1) is 14.2 Å². The second-order valence-electron chi connectivity index (χ2n) is 2.38. The quantitative estimate of drug-likeness (QED) is 0.759. The Morgan fingerprint density at radius 2 is 1.85 bits per heavy atom. The molecule has 1 N–H and O–H groups in total. The molecule has 0 radical (unpaired) electrons. The molecule has 0 saturated heterocycles. The molecule has 0 unspecified atom stereocenters. The van der Waals surface area contributed by atoms with Gasteiger partial charge in [-0.2, -0.15) is 0 Å². The Balaban J connectivity index is 3.13. The highest BCUT2D eigenvalue weighted by atomic mass is 35.5. The highest BCUT2D eigenvalue weighted by Crippen LogP contribution is 2.27. The van der Waals surface area contributed by atoms with Gasteiger partial charge in [-0.3, -0.25) is 5.41 Å². The van der Waals surface area contributed by atoms with Gasteiger partial charge < -0.3 is 9.47 Å². The number of hydrogen-bond acceptors (Lipinski definition) is 3. The molecule has 1 aromatic carbocycles. The minimum Gasteiger partial charge on any atom is -0.493 e. The predicted octanol–water partition coefficient (Wildman–Crippen LogP) is 2.27. The lowest BCUT2D eigenvalue weighted by Gasteiger charge is -2.07. The third-order valence-electron chi connectivity index (χ3n) is 1.64. The lowest BCUT2D eigenvalue weighted by Crippen LogP contribution is -1.94. The van der Waals surface area contributed by atoms with Crippen LogP contribution in [0.2, 0.25) is 0 Å². The fraction of sp³-hybridized carbons (Fsp3) is 0.222. The minimum atomic E-state index is -0.0130. The van der Waals surface area contributed by atoms with E-state index in [9.17, 15) is 0 Å². The number of nitrogens with one attached hydrogen (secondary N) is 1. The number of benzene rings is 1. The first-order valence-corrected chi connectivity index (χ1v) is 4.03. The molecule has 1 aromatic rings.